The molecule has 0 aliphatic rings. The number of sulfonamides is 1. The Morgan fingerprint density at radius 3 is 1.63 bits per heavy atom. The molecule has 19 heavy (non-hydrogen) atoms. The lowest BCUT2D eigenvalue weighted by molar-refractivity contribution is 0.592. The second-order valence-electron chi connectivity index (χ2n) is 4.53. The van der Waals surface area contributed by atoms with Gasteiger partial charge in [0.2, 0.25) is 10.0 Å². The summed E-state index contributed by atoms with van der Waals surface area (Å²) < 4.78 is 22.4. The number of nitrogens with two attached hydrogens (primary N) is 1. The molecule has 0 unspecified atom stereocenters. The minimum Gasteiger partial charge on any atom is -0.229 e. The van der Waals surface area contributed by atoms with Gasteiger partial charge in [0.05, 0.1) is 5.75 Å². The fourth-order valence-electron chi connectivity index (χ4n) is 2.18. The van der Waals surface area contributed by atoms with Gasteiger partial charge in [-0.25, -0.2) is 13.6 Å². The minimum atomic E-state index is -3.44. The first-order valence-electron chi connectivity index (χ1n) is 6.16. The Morgan fingerprint density at radius 2 is 1.26 bits per heavy atom. The molecule has 0 bridgehead atoms. The summed E-state index contributed by atoms with van der Waals surface area (Å²) in [6.07, 6.45) is 0.493. The quantitative estimate of drug-likeness (QED) is 0.911. The highest BCUT2D eigenvalue weighted by Crippen LogP contribution is 2.27. The molecule has 2 aromatic rings. The van der Waals surface area contributed by atoms with Crippen LogP contribution >= 0.6 is 0 Å². The molecular weight excluding hydrogens is 258 g/mol. The molecule has 2 aromatic carbocycles. The Kier molecular flexibility index (Phi) is 4.35. The van der Waals surface area contributed by atoms with Gasteiger partial charge in [0.15, 0.2) is 0 Å². The van der Waals surface area contributed by atoms with Gasteiger partial charge in [0.1, 0.15) is 0 Å². The zero-order chi connectivity index (χ0) is 13.7. The van der Waals surface area contributed by atoms with Crippen molar-refractivity contribution >= 4 is 10.0 Å². The second kappa shape index (κ2) is 5.99. The van der Waals surface area contributed by atoms with Crippen molar-refractivity contribution in [2.24, 2.45) is 5.14 Å². The van der Waals surface area contributed by atoms with Crippen LogP contribution in [0.4, 0.5) is 0 Å². The molecule has 4 heteroatoms. The summed E-state index contributed by atoms with van der Waals surface area (Å²) in [5, 5.41) is 5.11. The predicted octanol–water partition coefficient (Wildman–Crippen LogP) is 2.50. The molecule has 0 saturated carbocycles. The molecular formula is C15H17NO2S. The maximum Gasteiger partial charge on any atom is 0.209 e. The molecule has 0 atom stereocenters. The Morgan fingerprint density at radius 1 is 0.842 bits per heavy atom. The summed E-state index contributed by atoms with van der Waals surface area (Å²) in [5.41, 5.74) is 2.22. The van der Waals surface area contributed by atoms with E-state index in [9.17, 15) is 8.42 Å². The highest BCUT2D eigenvalue weighted by atomic mass is 32.2. The number of rotatable bonds is 5. The first-order valence-corrected chi connectivity index (χ1v) is 7.88. The summed E-state index contributed by atoms with van der Waals surface area (Å²) in [6, 6.07) is 19.8. The Bertz CT molecular complexity index is 570. The van der Waals surface area contributed by atoms with E-state index in [0.29, 0.717) is 6.42 Å². The van der Waals surface area contributed by atoms with Crippen LogP contribution in [0.2, 0.25) is 0 Å². The predicted molar refractivity (Wildman–Crippen MR) is 77.3 cm³/mol. The molecule has 2 rings (SSSR count). The largest absolute Gasteiger partial charge is 0.229 e. The maximum absolute atomic E-state index is 11.2. The zero-order valence-electron chi connectivity index (χ0n) is 10.6. The van der Waals surface area contributed by atoms with Gasteiger partial charge in [0, 0.05) is 5.92 Å². The Labute approximate surface area is 114 Å². The summed E-state index contributed by atoms with van der Waals surface area (Å²) in [7, 11) is -3.44. The molecule has 0 saturated heterocycles. The highest BCUT2D eigenvalue weighted by Gasteiger charge is 2.16. The minimum absolute atomic E-state index is 0.0124. The van der Waals surface area contributed by atoms with E-state index in [2.05, 4.69) is 0 Å². The molecule has 0 radical (unpaired) electrons. The fraction of sp³-hybridized carbons (Fsp3) is 0.200. The van der Waals surface area contributed by atoms with Gasteiger partial charge in [-0.05, 0) is 17.5 Å². The van der Waals surface area contributed by atoms with E-state index in [1.165, 1.54) is 0 Å². The fourth-order valence-corrected chi connectivity index (χ4v) is 2.74. The zero-order valence-corrected chi connectivity index (χ0v) is 11.4. The lowest BCUT2D eigenvalue weighted by Gasteiger charge is -2.17. The van der Waals surface area contributed by atoms with E-state index in [0.717, 1.165) is 11.1 Å². The molecule has 0 fully saturated rings. The van der Waals surface area contributed by atoms with Crippen molar-refractivity contribution in [3.8, 4) is 0 Å². The molecule has 100 valence electrons. The van der Waals surface area contributed by atoms with Gasteiger partial charge in [-0.3, -0.25) is 0 Å². The lowest BCUT2D eigenvalue weighted by Crippen LogP contribution is -2.18. The van der Waals surface area contributed by atoms with Gasteiger partial charge in [-0.15, -0.1) is 0 Å². The van der Waals surface area contributed by atoms with E-state index in [1.807, 2.05) is 60.7 Å². The smallest absolute Gasteiger partial charge is 0.209 e. The average Bonchev–Trinajstić information content (AvgIpc) is 2.40. The topological polar surface area (TPSA) is 60.2 Å². The van der Waals surface area contributed by atoms with E-state index in [4.69, 9.17) is 5.14 Å². The molecule has 3 nitrogen and oxygen atoms in total. The van der Waals surface area contributed by atoms with Crippen molar-refractivity contribution in [3.63, 3.8) is 0 Å². The Balaban J connectivity index is 2.29. The number of primary sulfonamides is 1. The second-order valence-corrected chi connectivity index (χ2v) is 6.26. The summed E-state index contributed by atoms with van der Waals surface area (Å²) >= 11 is 0. The van der Waals surface area contributed by atoms with Gasteiger partial charge in [-0.2, -0.15) is 0 Å². The highest BCUT2D eigenvalue weighted by molar-refractivity contribution is 7.89. The van der Waals surface area contributed by atoms with Crippen LogP contribution in [0.15, 0.2) is 60.7 Å². The Hall–Kier alpha value is -1.65. The van der Waals surface area contributed by atoms with E-state index < -0.39 is 10.0 Å². The molecule has 0 aliphatic carbocycles. The third kappa shape index (κ3) is 4.19. The van der Waals surface area contributed by atoms with Crippen LogP contribution in [0, 0.1) is 0 Å². The van der Waals surface area contributed by atoms with E-state index >= 15 is 0 Å². The van der Waals surface area contributed by atoms with Gasteiger partial charge >= 0.3 is 0 Å². The van der Waals surface area contributed by atoms with Crippen LogP contribution in [-0.2, 0) is 10.0 Å². The van der Waals surface area contributed by atoms with Gasteiger partial charge in [0.25, 0.3) is 0 Å². The third-order valence-corrected chi connectivity index (χ3v) is 3.90. The van der Waals surface area contributed by atoms with Crippen LogP contribution in [0.3, 0.4) is 0 Å². The normalized spacial score (nSPS) is 11.7. The van der Waals surface area contributed by atoms with Crippen LogP contribution in [0.5, 0.6) is 0 Å². The van der Waals surface area contributed by atoms with Crippen molar-refractivity contribution in [1.29, 1.82) is 0 Å². The first-order chi connectivity index (χ1) is 9.06. The molecule has 2 N–H and O–H groups in total. The maximum atomic E-state index is 11.2. The summed E-state index contributed by atoms with van der Waals surface area (Å²) in [6.45, 7) is 0. The lowest BCUT2D eigenvalue weighted by atomic mass is 9.89. The summed E-state index contributed by atoms with van der Waals surface area (Å²) in [5.74, 6) is 0.0438. The van der Waals surface area contributed by atoms with Crippen molar-refractivity contribution in [3.05, 3.63) is 71.8 Å². The SMILES string of the molecule is NS(=O)(=O)CCC(c1ccccc1)c1ccccc1. The first kappa shape index (κ1) is 13.8. The van der Waals surface area contributed by atoms with Crippen molar-refractivity contribution in [2.45, 2.75) is 12.3 Å². The molecule has 0 spiro atoms. The number of hydrogen-bond donors (Lipinski definition) is 1. The van der Waals surface area contributed by atoms with Gasteiger partial charge in [-0.1, -0.05) is 60.7 Å². The van der Waals surface area contributed by atoms with E-state index in [1.54, 1.807) is 0 Å². The van der Waals surface area contributed by atoms with Crippen LogP contribution in [0.25, 0.3) is 0 Å². The standard InChI is InChI=1S/C15H17NO2S/c16-19(17,18)12-11-15(13-7-3-1-4-8-13)14-9-5-2-6-10-14/h1-10,15H,11-12H2,(H2,16,17,18). The van der Waals surface area contributed by atoms with E-state index in [-0.39, 0.29) is 11.7 Å². The van der Waals surface area contributed by atoms with Crippen molar-refractivity contribution in [1.82, 2.24) is 0 Å². The van der Waals surface area contributed by atoms with Crippen molar-refractivity contribution < 1.29 is 8.42 Å². The number of benzene rings is 2. The summed E-state index contributed by atoms with van der Waals surface area (Å²) in [4.78, 5) is 0. The van der Waals surface area contributed by atoms with Gasteiger partial charge < -0.3 is 0 Å². The van der Waals surface area contributed by atoms with Crippen LogP contribution in [-0.4, -0.2) is 14.2 Å². The monoisotopic (exact) mass is 275 g/mol. The van der Waals surface area contributed by atoms with Crippen LogP contribution < -0.4 is 5.14 Å². The molecule has 0 aromatic heterocycles. The third-order valence-electron chi connectivity index (χ3n) is 3.09. The number of hydrogen-bond acceptors (Lipinski definition) is 2. The molecule has 0 heterocycles. The molecule has 0 amide bonds. The molecule has 0 aliphatic heterocycles. The van der Waals surface area contributed by atoms with Crippen LogP contribution in [0.1, 0.15) is 23.5 Å². The van der Waals surface area contributed by atoms with Crippen molar-refractivity contribution in [2.75, 3.05) is 5.75 Å². The average molecular weight is 275 g/mol.